The standard InChI is InChI=1S/C11H8BrClN2O/c1-15-11(12)8(6-16)10(14-15)7-4-2-3-5-9(7)13/h2-6H,1H3. The van der Waals surface area contributed by atoms with Crippen LogP contribution in [0.25, 0.3) is 11.3 Å². The first-order valence-corrected chi connectivity index (χ1v) is 5.75. The molecule has 1 aromatic heterocycles. The predicted molar refractivity (Wildman–Crippen MR) is 66.7 cm³/mol. The third-order valence-corrected chi connectivity index (χ3v) is 3.53. The number of halogens is 2. The van der Waals surface area contributed by atoms with Crippen molar-refractivity contribution in [1.29, 1.82) is 0 Å². The fraction of sp³-hybridized carbons (Fsp3) is 0.0909. The highest BCUT2D eigenvalue weighted by Crippen LogP contribution is 2.31. The van der Waals surface area contributed by atoms with Crippen LogP contribution < -0.4 is 0 Å². The summed E-state index contributed by atoms with van der Waals surface area (Å²) in [5, 5.41) is 4.85. The van der Waals surface area contributed by atoms with Gasteiger partial charge in [0.15, 0.2) is 6.29 Å². The number of hydrogen-bond donors (Lipinski definition) is 0. The van der Waals surface area contributed by atoms with Crippen LogP contribution in [0.2, 0.25) is 5.02 Å². The maximum Gasteiger partial charge on any atom is 0.155 e. The molecule has 0 spiro atoms. The molecule has 0 unspecified atom stereocenters. The van der Waals surface area contributed by atoms with Gasteiger partial charge in [-0.1, -0.05) is 29.8 Å². The van der Waals surface area contributed by atoms with Crippen molar-refractivity contribution in [1.82, 2.24) is 9.78 Å². The van der Waals surface area contributed by atoms with Crippen molar-refractivity contribution in [2.75, 3.05) is 0 Å². The second-order valence-electron chi connectivity index (χ2n) is 3.27. The van der Waals surface area contributed by atoms with Crippen LogP contribution in [0.1, 0.15) is 10.4 Å². The minimum Gasteiger partial charge on any atom is -0.298 e. The van der Waals surface area contributed by atoms with E-state index in [2.05, 4.69) is 21.0 Å². The van der Waals surface area contributed by atoms with Gasteiger partial charge in [-0.05, 0) is 22.0 Å². The van der Waals surface area contributed by atoms with Crippen molar-refractivity contribution in [3.8, 4) is 11.3 Å². The average molecular weight is 300 g/mol. The van der Waals surface area contributed by atoms with Crippen LogP contribution in [-0.2, 0) is 7.05 Å². The molecule has 82 valence electrons. The maximum atomic E-state index is 11.0. The van der Waals surface area contributed by atoms with Gasteiger partial charge in [0.2, 0.25) is 0 Å². The first-order valence-electron chi connectivity index (χ1n) is 4.57. The Morgan fingerprint density at radius 3 is 2.75 bits per heavy atom. The highest BCUT2D eigenvalue weighted by molar-refractivity contribution is 9.10. The second kappa shape index (κ2) is 4.39. The lowest BCUT2D eigenvalue weighted by molar-refractivity contribution is 0.112. The van der Waals surface area contributed by atoms with Gasteiger partial charge in [-0.25, -0.2) is 0 Å². The fourth-order valence-corrected chi connectivity index (χ4v) is 2.06. The number of carbonyl (C=O) groups excluding carboxylic acids is 1. The van der Waals surface area contributed by atoms with E-state index in [-0.39, 0.29) is 0 Å². The molecule has 0 aliphatic carbocycles. The Morgan fingerprint density at radius 2 is 2.12 bits per heavy atom. The Balaban J connectivity index is 2.69. The molecule has 16 heavy (non-hydrogen) atoms. The van der Waals surface area contributed by atoms with E-state index in [1.165, 1.54) is 0 Å². The quantitative estimate of drug-likeness (QED) is 0.797. The molecule has 0 N–H and O–H groups in total. The lowest BCUT2D eigenvalue weighted by Gasteiger charge is -2.00. The summed E-state index contributed by atoms with van der Waals surface area (Å²) < 4.78 is 2.25. The maximum absolute atomic E-state index is 11.0. The SMILES string of the molecule is Cn1nc(-c2ccccc2Cl)c(C=O)c1Br. The van der Waals surface area contributed by atoms with E-state index in [9.17, 15) is 4.79 Å². The summed E-state index contributed by atoms with van der Waals surface area (Å²) in [5.41, 5.74) is 1.86. The molecule has 0 atom stereocenters. The number of aryl methyl sites for hydroxylation is 1. The van der Waals surface area contributed by atoms with E-state index in [1.807, 2.05) is 18.2 Å². The van der Waals surface area contributed by atoms with Crippen molar-refractivity contribution in [3.05, 3.63) is 39.5 Å². The van der Waals surface area contributed by atoms with Crippen LogP contribution in [-0.4, -0.2) is 16.1 Å². The Morgan fingerprint density at radius 1 is 1.44 bits per heavy atom. The van der Waals surface area contributed by atoms with E-state index in [4.69, 9.17) is 11.6 Å². The molecule has 0 amide bonds. The van der Waals surface area contributed by atoms with Gasteiger partial charge in [0.1, 0.15) is 10.3 Å². The van der Waals surface area contributed by atoms with Gasteiger partial charge in [-0.15, -0.1) is 0 Å². The number of benzene rings is 1. The Bertz CT molecular complexity index is 551. The molecule has 5 heteroatoms. The number of aromatic nitrogens is 2. The molecule has 0 radical (unpaired) electrons. The molecule has 0 saturated carbocycles. The van der Waals surface area contributed by atoms with Crippen LogP contribution in [0.4, 0.5) is 0 Å². The van der Waals surface area contributed by atoms with Crippen LogP contribution in [0.3, 0.4) is 0 Å². The zero-order valence-corrected chi connectivity index (χ0v) is 10.8. The summed E-state index contributed by atoms with van der Waals surface area (Å²) in [6.45, 7) is 0. The van der Waals surface area contributed by atoms with Gasteiger partial charge >= 0.3 is 0 Å². The Labute approximate surface area is 106 Å². The van der Waals surface area contributed by atoms with Crippen molar-refractivity contribution in [2.45, 2.75) is 0 Å². The lowest BCUT2D eigenvalue weighted by atomic mass is 10.1. The zero-order valence-electron chi connectivity index (χ0n) is 8.45. The van der Waals surface area contributed by atoms with E-state index >= 15 is 0 Å². The van der Waals surface area contributed by atoms with Crippen molar-refractivity contribution >= 4 is 33.8 Å². The first-order chi connectivity index (χ1) is 7.65. The number of hydrogen-bond acceptors (Lipinski definition) is 2. The van der Waals surface area contributed by atoms with E-state index in [1.54, 1.807) is 17.8 Å². The minimum absolute atomic E-state index is 0.510. The number of nitrogens with zero attached hydrogens (tertiary/aromatic N) is 2. The Kier molecular flexibility index (Phi) is 3.12. The number of carbonyl (C=O) groups is 1. The van der Waals surface area contributed by atoms with Crippen LogP contribution >= 0.6 is 27.5 Å². The van der Waals surface area contributed by atoms with Gasteiger partial charge in [0, 0.05) is 12.6 Å². The molecular formula is C11H8BrClN2O. The smallest absolute Gasteiger partial charge is 0.155 e. The summed E-state index contributed by atoms with van der Waals surface area (Å²) in [6, 6.07) is 7.31. The van der Waals surface area contributed by atoms with Gasteiger partial charge in [0.05, 0.1) is 10.6 Å². The van der Waals surface area contributed by atoms with Crippen molar-refractivity contribution in [2.24, 2.45) is 7.05 Å². The molecular weight excluding hydrogens is 291 g/mol. The van der Waals surface area contributed by atoms with Gasteiger partial charge in [0.25, 0.3) is 0 Å². The lowest BCUT2D eigenvalue weighted by Crippen LogP contribution is -1.90. The number of rotatable bonds is 2. The largest absolute Gasteiger partial charge is 0.298 e. The fourth-order valence-electron chi connectivity index (χ4n) is 1.48. The van der Waals surface area contributed by atoms with Crippen LogP contribution in [0, 0.1) is 0 Å². The first kappa shape index (κ1) is 11.4. The molecule has 0 saturated heterocycles. The monoisotopic (exact) mass is 298 g/mol. The number of aldehydes is 1. The molecule has 0 fully saturated rings. The zero-order chi connectivity index (χ0) is 11.7. The second-order valence-corrected chi connectivity index (χ2v) is 4.43. The van der Waals surface area contributed by atoms with Crippen molar-refractivity contribution in [3.63, 3.8) is 0 Å². The Hall–Kier alpha value is -1.13. The molecule has 0 bridgehead atoms. The molecule has 1 heterocycles. The molecule has 1 aromatic carbocycles. The molecule has 3 nitrogen and oxygen atoms in total. The van der Waals surface area contributed by atoms with E-state index < -0.39 is 0 Å². The van der Waals surface area contributed by atoms with E-state index in [0.717, 1.165) is 11.8 Å². The average Bonchev–Trinajstić information content (AvgIpc) is 2.56. The summed E-state index contributed by atoms with van der Waals surface area (Å²) in [5.74, 6) is 0. The van der Waals surface area contributed by atoms with E-state index in [0.29, 0.717) is 20.9 Å². The van der Waals surface area contributed by atoms with Crippen LogP contribution in [0.15, 0.2) is 28.9 Å². The summed E-state index contributed by atoms with van der Waals surface area (Å²) in [7, 11) is 1.76. The molecule has 2 aromatic rings. The summed E-state index contributed by atoms with van der Waals surface area (Å²) in [6.07, 6.45) is 0.774. The highest BCUT2D eigenvalue weighted by Gasteiger charge is 2.16. The molecule has 2 rings (SSSR count). The summed E-state index contributed by atoms with van der Waals surface area (Å²) >= 11 is 9.38. The van der Waals surface area contributed by atoms with Gasteiger partial charge < -0.3 is 0 Å². The normalized spacial score (nSPS) is 10.4. The van der Waals surface area contributed by atoms with Crippen molar-refractivity contribution < 1.29 is 4.79 Å². The minimum atomic E-state index is 0.510. The van der Waals surface area contributed by atoms with Gasteiger partial charge in [-0.3, -0.25) is 9.48 Å². The van der Waals surface area contributed by atoms with Gasteiger partial charge in [-0.2, -0.15) is 5.10 Å². The third kappa shape index (κ3) is 1.79. The third-order valence-electron chi connectivity index (χ3n) is 2.26. The van der Waals surface area contributed by atoms with Crippen LogP contribution in [0.5, 0.6) is 0 Å². The topological polar surface area (TPSA) is 34.9 Å². The summed E-state index contributed by atoms with van der Waals surface area (Å²) in [4.78, 5) is 11.0. The molecule has 0 aliphatic rings. The predicted octanol–water partition coefficient (Wildman–Crippen LogP) is 3.32. The molecule has 0 aliphatic heterocycles. The highest BCUT2D eigenvalue weighted by atomic mass is 79.9.